The number of nitrogens with one attached hydrogen (secondary N) is 1. The van der Waals surface area contributed by atoms with E-state index in [9.17, 15) is 19.4 Å². The number of hydrogen-bond donors (Lipinski definition) is 2. The third-order valence-corrected chi connectivity index (χ3v) is 9.97. The highest BCUT2D eigenvalue weighted by atomic mass is 31.2. The van der Waals surface area contributed by atoms with Gasteiger partial charge in [-0.15, -0.1) is 0 Å². The van der Waals surface area contributed by atoms with E-state index in [2.05, 4.69) is 31.3 Å². The van der Waals surface area contributed by atoms with Gasteiger partial charge in [0.1, 0.15) is 13.2 Å². The maximum absolute atomic E-state index is 12.8. The van der Waals surface area contributed by atoms with Crippen molar-refractivity contribution in [3.63, 3.8) is 0 Å². The number of quaternary nitrogens is 1. The molecule has 48 heavy (non-hydrogen) atoms. The SMILES string of the molecule is CCCCCCCCC/C=C\CCCCCCCC(=O)NC(COP(=O)([O-])OCC[N+](C)(C)C)C(O)CCCCCCCCCCCC. The lowest BCUT2D eigenvalue weighted by atomic mass is 10.0. The highest BCUT2D eigenvalue weighted by Gasteiger charge is 2.24. The van der Waals surface area contributed by atoms with Crippen LogP contribution < -0.4 is 10.2 Å². The maximum atomic E-state index is 12.8. The van der Waals surface area contributed by atoms with Crippen molar-refractivity contribution in [1.29, 1.82) is 0 Å². The van der Waals surface area contributed by atoms with Crippen LogP contribution in [-0.2, 0) is 18.4 Å². The first kappa shape index (κ1) is 47.2. The van der Waals surface area contributed by atoms with Gasteiger partial charge in [0.05, 0.1) is 39.9 Å². The molecule has 0 saturated carbocycles. The van der Waals surface area contributed by atoms with Crippen LogP contribution in [0.2, 0.25) is 0 Å². The number of phosphoric acid groups is 1. The van der Waals surface area contributed by atoms with Crippen LogP contribution in [0, 0.1) is 0 Å². The standard InChI is InChI=1S/C39H79N2O6P/c1-6-8-10-12-14-16-18-19-20-21-22-23-25-27-29-31-33-39(43)40-37(36-47-48(44,45)46-35-34-41(3,4)5)38(42)32-30-28-26-24-17-15-13-11-9-7-2/h20-21,37-38,42H,6-19,22-36H2,1-5H3,(H-,40,43,44,45)/b21-20-. The molecule has 3 unspecified atom stereocenters. The second-order valence-electron chi connectivity index (χ2n) is 15.0. The topological polar surface area (TPSA) is 108 Å². The summed E-state index contributed by atoms with van der Waals surface area (Å²) in [5.41, 5.74) is 0. The molecule has 0 rings (SSSR count). The minimum atomic E-state index is -4.55. The fourth-order valence-corrected chi connectivity index (χ4v) is 6.46. The Morgan fingerprint density at radius 3 is 1.62 bits per heavy atom. The van der Waals surface area contributed by atoms with Gasteiger partial charge >= 0.3 is 0 Å². The molecule has 2 N–H and O–H groups in total. The lowest BCUT2D eigenvalue weighted by Gasteiger charge is -2.30. The molecule has 0 radical (unpaired) electrons. The fraction of sp³-hybridized carbons (Fsp3) is 0.923. The Bertz CT molecular complexity index is 804. The number of likely N-dealkylation sites (N-methyl/N-ethyl adjacent to an activating group) is 1. The molecule has 0 aliphatic heterocycles. The Labute approximate surface area is 297 Å². The van der Waals surface area contributed by atoms with Crippen molar-refractivity contribution in [2.45, 2.75) is 193 Å². The van der Waals surface area contributed by atoms with Crippen molar-refractivity contribution in [3.8, 4) is 0 Å². The van der Waals surface area contributed by atoms with E-state index in [0.717, 1.165) is 51.4 Å². The number of rotatable bonds is 36. The molecule has 9 heteroatoms. The summed E-state index contributed by atoms with van der Waals surface area (Å²) >= 11 is 0. The van der Waals surface area contributed by atoms with Gasteiger partial charge in [-0.3, -0.25) is 9.36 Å². The van der Waals surface area contributed by atoms with E-state index in [0.29, 0.717) is 23.9 Å². The zero-order valence-electron chi connectivity index (χ0n) is 32.2. The van der Waals surface area contributed by atoms with E-state index in [4.69, 9.17) is 9.05 Å². The third-order valence-electron chi connectivity index (χ3n) is 9.00. The predicted molar refractivity (Wildman–Crippen MR) is 201 cm³/mol. The number of hydrogen-bond acceptors (Lipinski definition) is 6. The van der Waals surface area contributed by atoms with Crippen LogP contribution in [-0.4, -0.2) is 68.5 Å². The summed E-state index contributed by atoms with van der Waals surface area (Å²) in [7, 11) is 1.30. The van der Waals surface area contributed by atoms with Crippen molar-refractivity contribution >= 4 is 13.7 Å². The van der Waals surface area contributed by atoms with Gasteiger partial charge in [-0.25, -0.2) is 0 Å². The molecule has 0 bridgehead atoms. The molecule has 0 fully saturated rings. The van der Waals surface area contributed by atoms with E-state index in [1.807, 2.05) is 21.1 Å². The fourth-order valence-electron chi connectivity index (χ4n) is 5.74. The number of carbonyl (C=O) groups is 1. The molecule has 0 spiro atoms. The molecule has 0 heterocycles. The van der Waals surface area contributed by atoms with Crippen LogP contribution in [0.1, 0.15) is 181 Å². The summed E-state index contributed by atoms with van der Waals surface area (Å²) in [6, 6.07) is -0.798. The molecule has 0 aliphatic carbocycles. The molecular weight excluding hydrogens is 623 g/mol. The van der Waals surface area contributed by atoms with Crippen molar-refractivity contribution in [2.24, 2.45) is 0 Å². The lowest BCUT2D eigenvalue weighted by molar-refractivity contribution is -0.870. The summed E-state index contributed by atoms with van der Waals surface area (Å²) in [5, 5.41) is 13.8. The van der Waals surface area contributed by atoms with Gasteiger partial charge in [0.2, 0.25) is 5.91 Å². The number of allylic oxidation sites excluding steroid dienone is 2. The molecule has 0 aromatic carbocycles. The van der Waals surface area contributed by atoms with Crippen LogP contribution in [0.5, 0.6) is 0 Å². The zero-order chi connectivity index (χ0) is 35.8. The summed E-state index contributed by atoms with van der Waals surface area (Å²) < 4.78 is 23.1. The van der Waals surface area contributed by atoms with Crippen LogP contribution in [0.25, 0.3) is 0 Å². The smallest absolute Gasteiger partial charge is 0.268 e. The van der Waals surface area contributed by atoms with Gasteiger partial charge < -0.3 is 28.8 Å². The van der Waals surface area contributed by atoms with Crippen LogP contribution in [0.15, 0.2) is 12.2 Å². The number of unbranched alkanes of at least 4 members (excludes halogenated alkanes) is 21. The normalized spacial score (nSPS) is 14.7. The Hall–Kier alpha value is -0.760. The van der Waals surface area contributed by atoms with Crippen molar-refractivity contribution in [3.05, 3.63) is 12.2 Å². The Morgan fingerprint density at radius 2 is 1.15 bits per heavy atom. The number of phosphoric ester groups is 1. The number of aliphatic hydroxyl groups excluding tert-OH is 1. The van der Waals surface area contributed by atoms with Crippen molar-refractivity contribution in [2.75, 3.05) is 40.9 Å². The molecule has 0 aliphatic rings. The van der Waals surface area contributed by atoms with Gasteiger partial charge in [-0.05, 0) is 38.5 Å². The first-order chi connectivity index (χ1) is 23.0. The maximum Gasteiger partial charge on any atom is 0.268 e. The molecule has 3 atom stereocenters. The van der Waals surface area contributed by atoms with Gasteiger partial charge in [-0.1, -0.05) is 148 Å². The first-order valence-corrected chi connectivity index (χ1v) is 21.5. The minimum Gasteiger partial charge on any atom is -0.756 e. The van der Waals surface area contributed by atoms with E-state index in [1.54, 1.807) is 0 Å². The monoisotopic (exact) mass is 703 g/mol. The third kappa shape index (κ3) is 33.7. The Morgan fingerprint density at radius 1 is 0.708 bits per heavy atom. The minimum absolute atomic E-state index is 0.0119. The van der Waals surface area contributed by atoms with Gasteiger partial charge in [0, 0.05) is 6.42 Å². The van der Waals surface area contributed by atoms with E-state index < -0.39 is 20.0 Å². The molecule has 8 nitrogen and oxygen atoms in total. The highest BCUT2D eigenvalue weighted by Crippen LogP contribution is 2.38. The molecule has 0 aromatic rings. The molecule has 0 saturated heterocycles. The second-order valence-corrected chi connectivity index (χ2v) is 16.4. The van der Waals surface area contributed by atoms with E-state index >= 15 is 0 Å². The number of aliphatic hydroxyl groups is 1. The largest absolute Gasteiger partial charge is 0.756 e. The van der Waals surface area contributed by atoms with Crippen LogP contribution in [0.4, 0.5) is 0 Å². The van der Waals surface area contributed by atoms with Crippen molar-refractivity contribution in [1.82, 2.24) is 5.32 Å². The predicted octanol–water partition coefficient (Wildman–Crippen LogP) is 9.78. The molecular formula is C39H79N2O6P. The Kier molecular flexibility index (Phi) is 31.7. The summed E-state index contributed by atoms with van der Waals surface area (Å²) in [6.07, 6.45) is 33.5. The zero-order valence-corrected chi connectivity index (χ0v) is 33.1. The van der Waals surface area contributed by atoms with Gasteiger partial charge in [0.25, 0.3) is 7.82 Å². The number of carbonyl (C=O) groups excluding carboxylic acids is 1. The lowest BCUT2D eigenvalue weighted by Crippen LogP contribution is -2.46. The highest BCUT2D eigenvalue weighted by molar-refractivity contribution is 7.45. The summed E-state index contributed by atoms with van der Waals surface area (Å²) in [4.78, 5) is 25.2. The quantitative estimate of drug-likeness (QED) is 0.0291. The molecule has 1 amide bonds. The average Bonchev–Trinajstić information content (AvgIpc) is 3.02. The molecule has 0 aromatic heterocycles. The summed E-state index contributed by atoms with van der Waals surface area (Å²) in [6.45, 7) is 4.68. The van der Waals surface area contributed by atoms with Gasteiger partial charge in [0.15, 0.2) is 0 Å². The first-order valence-electron chi connectivity index (χ1n) is 20.0. The van der Waals surface area contributed by atoms with Crippen LogP contribution in [0.3, 0.4) is 0 Å². The van der Waals surface area contributed by atoms with Crippen molar-refractivity contribution < 1.29 is 32.9 Å². The number of amides is 1. The summed E-state index contributed by atoms with van der Waals surface area (Å²) in [5.74, 6) is -0.175. The second kappa shape index (κ2) is 32.2. The van der Waals surface area contributed by atoms with Crippen LogP contribution >= 0.6 is 7.82 Å². The van der Waals surface area contributed by atoms with E-state index in [-0.39, 0.29) is 19.1 Å². The Balaban J connectivity index is 4.40. The number of nitrogens with zero attached hydrogens (tertiary/aromatic N) is 1. The average molecular weight is 703 g/mol. The van der Waals surface area contributed by atoms with E-state index in [1.165, 1.54) is 103 Å². The van der Waals surface area contributed by atoms with Gasteiger partial charge in [-0.2, -0.15) is 0 Å². The molecule has 286 valence electrons.